The highest BCUT2D eigenvalue weighted by Gasteiger charge is 2.10. The first kappa shape index (κ1) is 14.6. The van der Waals surface area contributed by atoms with Crippen LogP contribution >= 0.6 is 0 Å². The van der Waals surface area contributed by atoms with Crippen molar-refractivity contribution in [3.63, 3.8) is 0 Å². The number of rotatable bonds is 4. The number of carboxylic acids is 1. The molecule has 2 rings (SSSR count). The van der Waals surface area contributed by atoms with Gasteiger partial charge in [0.15, 0.2) is 0 Å². The van der Waals surface area contributed by atoms with Gasteiger partial charge in [-0.1, -0.05) is 6.07 Å². The van der Waals surface area contributed by atoms with Crippen molar-refractivity contribution in [3.05, 3.63) is 59.3 Å². The second-order valence-corrected chi connectivity index (χ2v) is 4.20. The van der Waals surface area contributed by atoms with Crippen molar-refractivity contribution in [3.8, 4) is 0 Å². The molecule has 0 atom stereocenters. The van der Waals surface area contributed by atoms with Gasteiger partial charge in [-0.3, -0.25) is 4.79 Å². The van der Waals surface area contributed by atoms with Gasteiger partial charge in [0.05, 0.1) is 12.0 Å². The Kier molecular flexibility index (Phi) is 4.22. The summed E-state index contributed by atoms with van der Waals surface area (Å²) in [6.45, 7) is 0. The zero-order valence-corrected chi connectivity index (χ0v) is 10.6. The third-order valence-corrected chi connectivity index (χ3v) is 2.64. The van der Waals surface area contributed by atoms with Crippen LogP contribution in [0.15, 0.2) is 36.5 Å². The molecule has 0 fully saturated rings. The van der Waals surface area contributed by atoms with Gasteiger partial charge in [-0.05, 0) is 23.8 Å². The Morgan fingerprint density at radius 1 is 1.19 bits per heavy atom. The molecular weight excluding hydrogens is 282 g/mol. The van der Waals surface area contributed by atoms with Gasteiger partial charge >= 0.3 is 5.97 Å². The lowest BCUT2D eigenvalue weighted by Crippen LogP contribution is -2.16. The Bertz CT molecular complexity index is 687. The summed E-state index contributed by atoms with van der Waals surface area (Å²) >= 11 is 0. The van der Waals surface area contributed by atoms with E-state index in [1.165, 1.54) is 18.2 Å². The summed E-state index contributed by atoms with van der Waals surface area (Å²) in [5.74, 6) is -3.06. The third kappa shape index (κ3) is 3.82. The summed E-state index contributed by atoms with van der Waals surface area (Å²) in [5, 5.41) is 11.1. The van der Waals surface area contributed by atoms with Gasteiger partial charge in [0, 0.05) is 12.3 Å². The van der Waals surface area contributed by atoms with E-state index in [1.807, 2.05) is 0 Å². The van der Waals surface area contributed by atoms with Gasteiger partial charge in [0.25, 0.3) is 0 Å². The molecule has 0 aliphatic heterocycles. The highest BCUT2D eigenvalue weighted by Crippen LogP contribution is 2.11. The minimum atomic E-state index is -1.13. The Morgan fingerprint density at radius 3 is 2.52 bits per heavy atom. The number of pyridine rings is 1. The average molecular weight is 292 g/mol. The molecule has 0 saturated carbocycles. The van der Waals surface area contributed by atoms with Gasteiger partial charge in [0.1, 0.15) is 17.5 Å². The zero-order valence-electron chi connectivity index (χ0n) is 10.6. The molecule has 1 heterocycles. The number of aromatic nitrogens is 1. The quantitative estimate of drug-likeness (QED) is 0.905. The van der Waals surface area contributed by atoms with E-state index >= 15 is 0 Å². The summed E-state index contributed by atoms with van der Waals surface area (Å²) in [5.41, 5.74) is 0.0358. The molecule has 0 radical (unpaired) electrons. The van der Waals surface area contributed by atoms with Crippen molar-refractivity contribution in [2.75, 3.05) is 5.32 Å². The van der Waals surface area contributed by atoms with E-state index in [9.17, 15) is 18.4 Å². The van der Waals surface area contributed by atoms with Crippen LogP contribution in [0.25, 0.3) is 0 Å². The van der Waals surface area contributed by atoms with Crippen LogP contribution in [-0.2, 0) is 11.2 Å². The number of aromatic carboxylic acids is 1. The van der Waals surface area contributed by atoms with E-state index in [2.05, 4.69) is 10.3 Å². The number of benzene rings is 1. The normalized spacial score (nSPS) is 10.2. The molecule has 0 unspecified atom stereocenters. The van der Waals surface area contributed by atoms with Crippen molar-refractivity contribution < 1.29 is 23.5 Å². The largest absolute Gasteiger partial charge is 0.478 e. The summed E-state index contributed by atoms with van der Waals surface area (Å²) in [4.78, 5) is 26.1. The maximum atomic E-state index is 13.4. The predicted molar refractivity (Wildman–Crippen MR) is 69.9 cm³/mol. The molecule has 108 valence electrons. The summed E-state index contributed by atoms with van der Waals surface area (Å²) < 4.78 is 26.1. The van der Waals surface area contributed by atoms with Crippen molar-refractivity contribution in [1.82, 2.24) is 4.98 Å². The fraction of sp³-hybridized carbons (Fsp3) is 0.0714. The second kappa shape index (κ2) is 6.08. The molecule has 5 nitrogen and oxygen atoms in total. The lowest BCUT2D eigenvalue weighted by Gasteiger charge is -2.05. The van der Waals surface area contributed by atoms with Crippen LogP contribution in [0, 0.1) is 11.6 Å². The minimum absolute atomic E-state index is 0.0161. The molecule has 7 heteroatoms. The van der Waals surface area contributed by atoms with Crippen LogP contribution in [0.1, 0.15) is 15.9 Å². The lowest BCUT2D eigenvalue weighted by atomic mass is 10.1. The standard InChI is InChI=1S/C14H10F2N2O3/c15-10-3-1-8(11(16)6-10)5-13(19)18-12-4-2-9(7-17-12)14(20)21/h1-4,6-7H,5H2,(H,20,21)(H,17,18,19). The number of halogens is 2. The number of nitrogens with zero attached hydrogens (tertiary/aromatic N) is 1. The van der Waals surface area contributed by atoms with E-state index in [0.717, 1.165) is 12.3 Å². The van der Waals surface area contributed by atoms with Crippen molar-refractivity contribution in [2.45, 2.75) is 6.42 Å². The van der Waals surface area contributed by atoms with E-state index in [-0.39, 0.29) is 23.4 Å². The number of nitrogens with one attached hydrogen (secondary N) is 1. The highest BCUT2D eigenvalue weighted by atomic mass is 19.1. The van der Waals surface area contributed by atoms with Gasteiger partial charge in [0.2, 0.25) is 5.91 Å². The molecule has 0 aliphatic carbocycles. The summed E-state index contributed by atoms with van der Waals surface area (Å²) in [6, 6.07) is 5.55. The second-order valence-electron chi connectivity index (χ2n) is 4.20. The average Bonchev–Trinajstić information content (AvgIpc) is 2.42. The Labute approximate surface area is 118 Å². The first-order valence-corrected chi connectivity index (χ1v) is 5.89. The SMILES string of the molecule is O=C(Cc1ccc(F)cc1F)Nc1ccc(C(=O)O)cn1. The number of carbonyl (C=O) groups is 2. The van der Waals surface area contributed by atoms with Crippen LogP contribution in [-0.4, -0.2) is 22.0 Å². The van der Waals surface area contributed by atoms with Crippen LogP contribution in [0.5, 0.6) is 0 Å². The molecule has 0 spiro atoms. The number of carbonyl (C=O) groups excluding carboxylic acids is 1. The molecular formula is C14H10F2N2O3. The highest BCUT2D eigenvalue weighted by molar-refractivity contribution is 5.92. The van der Waals surface area contributed by atoms with Crippen LogP contribution in [0.4, 0.5) is 14.6 Å². The van der Waals surface area contributed by atoms with Gasteiger partial charge in [-0.25, -0.2) is 18.6 Å². The van der Waals surface area contributed by atoms with E-state index < -0.39 is 23.5 Å². The fourth-order valence-corrected chi connectivity index (χ4v) is 1.62. The maximum absolute atomic E-state index is 13.4. The van der Waals surface area contributed by atoms with Crippen molar-refractivity contribution in [1.29, 1.82) is 0 Å². The van der Waals surface area contributed by atoms with Gasteiger partial charge < -0.3 is 10.4 Å². The number of hydrogen-bond acceptors (Lipinski definition) is 3. The van der Waals surface area contributed by atoms with Gasteiger partial charge in [-0.15, -0.1) is 0 Å². The molecule has 21 heavy (non-hydrogen) atoms. The van der Waals surface area contributed by atoms with Crippen molar-refractivity contribution in [2.24, 2.45) is 0 Å². The lowest BCUT2D eigenvalue weighted by molar-refractivity contribution is -0.115. The first-order chi connectivity index (χ1) is 9.95. The van der Waals surface area contributed by atoms with E-state index in [4.69, 9.17) is 5.11 Å². The maximum Gasteiger partial charge on any atom is 0.337 e. The first-order valence-electron chi connectivity index (χ1n) is 5.89. The van der Waals surface area contributed by atoms with E-state index in [0.29, 0.717) is 6.07 Å². The Morgan fingerprint density at radius 2 is 1.95 bits per heavy atom. The monoisotopic (exact) mass is 292 g/mol. The zero-order chi connectivity index (χ0) is 15.4. The molecule has 0 saturated heterocycles. The fourth-order valence-electron chi connectivity index (χ4n) is 1.62. The molecule has 0 aliphatic rings. The van der Waals surface area contributed by atoms with E-state index in [1.54, 1.807) is 0 Å². The number of amides is 1. The van der Waals surface area contributed by atoms with Crippen molar-refractivity contribution >= 4 is 17.7 Å². The summed E-state index contributed by atoms with van der Waals surface area (Å²) in [6.07, 6.45) is 0.810. The predicted octanol–water partition coefficient (Wildman–Crippen LogP) is 2.24. The molecule has 0 bridgehead atoms. The molecule has 1 aromatic heterocycles. The third-order valence-electron chi connectivity index (χ3n) is 2.64. The topological polar surface area (TPSA) is 79.3 Å². The van der Waals surface area contributed by atoms with Crippen LogP contribution < -0.4 is 5.32 Å². The molecule has 1 aromatic carbocycles. The molecule has 2 N–H and O–H groups in total. The summed E-state index contributed by atoms with van der Waals surface area (Å²) in [7, 11) is 0. The smallest absolute Gasteiger partial charge is 0.337 e. The van der Waals surface area contributed by atoms with Gasteiger partial charge in [-0.2, -0.15) is 0 Å². The Hall–Kier alpha value is -2.83. The molecule has 1 amide bonds. The Balaban J connectivity index is 2.02. The number of hydrogen-bond donors (Lipinski definition) is 2. The molecule has 2 aromatic rings. The number of anilines is 1. The number of carboxylic acid groups (broad SMARTS) is 1. The van der Waals surface area contributed by atoms with Crippen LogP contribution in [0.3, 0.4) is 0 Å². The van der Waals surface area contributed by atoms with Crippen LogP contribution in [0.2, 0.25) is 0 Å². The minimum Gasteiger partial charge on any atom is -0.478 e.